The van der Waals surface area contributed by atoms with Gasteiger partial charge in [-0.2, -0.15) is 0 Å². The number of hydrogen-bond acceptors (Lipinski definition) is 5. The molecule has 0 bridgehead atoms. The zero-order valence-corrected chi connectivity index (χ0v) is 19.4. The molecule has 2 aromatic carbocycles. The Morgan fingerprint density at radius 3 is 2.43 bits per heavy atom. The fourth-order valence-electron chi connectivity index (χ4n) is 4.63. The molecule has 1 aromatic heterocycles. The first kappa shape index (κ1) is 24.3. The second-order valence-corrected chi connectivity index (χ2v) is 8.85. The molecular weight excluding hydrogens is 452 g/mol. The highest BCUT2D eigenvalue weighted by atomic mass is 19.1. The molecule has 0 amide bonds. The number of carbonyl (C=O) groups is 1. The molecule has 1 aliphatic heterocycles. The number of carboxylic acids is 1. The Morgan fingerprint density at radius 2 is 1.83 bits per heavy atom. The van der Waals surface area contributed by atoms with Gasteiger partial charge in [-0.05, 0) is 61.2 Å². The number of nitrogens with zero attached hydrogens (tertiary/aromatic N) is 3. The van der Waals surface area contributed by atoms with Gasteiger partial charge in [-0.15, -0.1) is 0 Å². The molecule has 1 aliphatic rings. The fraction of sp³-hybridized carbons (Fsp3) is 0.296. The second-order valence-electron chi connectivity index (χ2n) is 8.85. The number of carboxylic acid groups (broad SMARTS) is 1. The van der Waals surface area contributed by atoms with Crippen LogP contribution in [0.2, 0.25) is 0 Å². The van der Waals surface area contributed by atoms with Crippen molar-refractivity contribution >= 4 is 17.4 Å². The third-order valence-corrected chi connectivity index (χ3v) is 6.59. The van der Waals surface area contributed by atoms with E-state index in [2.05, 4.69) is 15.0 Å². The topological polar surface area (TPSA) is 86.0 Å². The van der Waals surface area contributed by atoms with Crippen molar-refractivity contribution in [1.29, 1.82) is 0 Å². The fourth-order valence-corrected chi connectivity index (χ4v) is 4.63. The lowest BCUT2D eigenvalue weighted by molar-refractivity contribution is -0.142. The molecular formula is C27H27F2N3O3. The normalized spacial score (nSPS) is 15.7. The summed E-state index contributed by atoms with van der Waals surface area (Å²) >= 11 is 0. The van der Waals surface area contributed by atoms with E-state index in [0.717, 1.165) is 23.0 Å². The Labute approximate surface area is 202 Å². The maximum atomic E-state index is 14.9. The Bertz CT molecular complexity index is 1220. The second kappa shape index (κ2) is 10.6. The average molecular weight is 480 g/mol. The number of aliphatic carboxylic acids is 1. The van der Waals surface area contributed by atoms with Crippen LogP contribution in [0.4, 0.5) is 14.5 Å². The van der Waals surface area contributed by atoms with Crippen LogP contribution in [-0.2, 0) is 4.79 Å². The number of pyridine rings is 1. The molecule has 2 N–H and O–H groups in total. The van der Waals surface area contributed by atoms with E-state index in [-0.39, 0.29) is 12.3 Å². The molecule has 35 heavy (non-hydrogen) atoms. The van der Waals surface area contributed by atoms with Crippen molar-refractivity contribution in [3.63, 3.8) is 0 Å². The monoisotopic (exact) mass is 479 g/mol. The molecule has 0 aliphatic carbocycles. The Morgan fingerprint density at radius 1 is 1.11 bits per heavy atom. The first-order valence-electron chi connectivity index (χ1n) is 11.5. The van der Waals surface area contributed by atoms with Crippen LogP contribution in [0.3, 0.4) is 0 Å². The molecule has 0 saturated carbocycles. The lowest BCUT2D eigenvalue weighted by Gasteiger charge is -2.32. The summed E-state index contributed by atoms with van der Waals surface area (Å²) in [6.07, 6.45) is 2.97. The summed E-state index contributed by atoms with van der Waals surface area (Å²) in [5.74, 6) is -2.93. The van der Waals surface area contributed by atoms with Crippen LogP contribution >= 0.6 is 0 Å². The molecule has 4 rings (SSSR count). The zero-order valence-electron chi connectivity index (χ0n) is 19.4. The van der Waals surface area contributed by atoms with Crippen molar-refractivity contribution in [3.8, 4) is 0 Å². The lowest BCUT2D eigenvalue weighted by atomic mass is 9.85. The minimum absolute atomic E-state index is 0.186. The molecule has 0 spiro atoms. The van der Waals surface area contributed by atoms with E-state index >= 15 is 0 Å². The van der Waals surface area contributed by atoms with Crippen LogP contribution in [0.5, 0.6) is 0 Å². The third-order valence-electron chi connectivity index (χ3n) is 6.59. The highest BCUT2D eigenvalue weighted by Crippen LogP contribution is 2.34. The van der Waals surface area contributed by atoms with Gasteiger partial charge in [0.05, 0.1) is 11.6 Å². The minimum atomic E-state index is -0.755. The SMILES string of the molecule is Cc1cc(C(CC(c2ccc(N3CCC(C(=O)O)CC3)cc2)c2ccc(F)cc2F)=NO)ccn1. The van der Waals surface area contributed by atoms with Crippen LogP contribution in [0, 0.1) is 24.5 Å². The average Bonchev–Trinajstić information content (AvgIpc) is 2.86. The minimum Gasteiger partial charge on any atom is -0.481 e. The van der Waals surface area contributed by atoms with Crippen molar-refractivity contribution in [2.45, 2.75) is 32.1 Å². The van der Waals surface area contributed by atoms with Gasteiger partial charge in [0.25, 0.3) is 0 Å². The van der Waals surface area contributed by atoms with E-state index in [1.165, 1.54) is 12.1 Å². The number of aryl methyl sites for hydroxylation is 1. The van der Waals surface area contributed by atoms with Crippen LogP contribution in [0.1, 0.15) is 47.6 Å². The Balaban J connectivity index is 1.63. The summed E-state index contributed by atoms with van der Waals surface area (Å²) in [7, 11) is 0. The summed E-state index contributed by atoms with van der Waals surface area (Å²) in [6.45, 7) is 3.12. The number of hydrogen-bond donors (Lipinski definition) is 2. The van der Waals surface area contributed by atoms with Gasteiger partial charge >= 0.3 is 5.97 Å². The number of oxime groups is 1. The van der Waals surface area contributed by atoms with Gasteiger partial charge < -0.3 is 15.2 Å². The van der Waals surface area contributed by atoms with Gasteiger partial charge in [0.1, 0.15) is 11.6 Å². The smallest absolute Gasteiger partial charge is 0.306 e. The Hall–Kier alpha value is -3.81. The first-order chi connectivity index (χ1) is 16.9. The van der Waals surface area contributed by atoms with Gasteiger partial charge in [-0.25, -0.2) is 8.78 Å². The van der Waals surface area contributed by atoms with Crippen LogP contribution < -0.4 is 4.90 Å². The van der Waals surface area contributed by atoms with Gasteiger partial charge in [0, 0.05) is 54.6 Å². The number of halogens is 2. The zero-order chi connectivity index (χ0) is 24.9. The number of piperidine rings is 1. The molecule has 8 heteroatoms. The van der Waals surface area contributed by atoms with E-state index in [9.17, 15) is 23.9 Å². The van der Waals surface area contributed by atoms with E-state index in [0.29, 0.717) is 42.8 Å². The lowest BCUT2D eigenvalue weighted by Crippen LogP contribution is -2.36. The number of anilines is 1. The predicted molar refractivity (Wildman–Crippen MR) is 129 cm³/mol. The van der Waals surface area contributed by atoms with Crippen LogP contribution in [-0.4, -0.2) is 40.1 Å². The molecule has 1 saturated heterocycles. The van der Waals surface area contributed by atoms with E-state index in [4.69, 9.17) is 0 Å². The summed E-state index contributed by atoms with van der Waals surface area (Å²) in [5.41, 5.74) is 3.83. The van der Waals surface area contributed by atoms with E-state index in [1.807, 2.05) is 31.2 Å². The number of aromatic nitrogens is 1. The van der Waals surface area contributed by atoms with E-state index < -0.39 is 23.5 Å². The molecule has 182 valence electrons. The largest absolute Gasteiger partial charge is 0.481 e. The van der Waals surface area contributed by atoms with Gasteiger partial charge in [0.2, 0.25) is 0 Å². The Kier molecular flexibility index (Phi) is 7.39. The van der Waals surface area contributed by atoms with Crippen LogP contribution in [0.15, 0.2) is 65.9 Å². The van der Waals surface area contributed by atoms with Crippen molar-refractivity contribution < 1.29 is 23.9 Å². The molecule has 3 aromatic rings. The van der Waals surface area contributed by atoms with Crippen LogP contribution in [0.25, 0.3) is 0 Å². The highest BCUT2D eigenvalue weighted by Gasteiger charge is 2.26. The van der Waals surface area contributed by atoms with Gasteiger partial charge in [0.15, 0.2) is 0 Å². The molecule has 1 unspecified atom stereocenters. The number of benzene rings is 2. The van der Waals surface area contributed by atoms with Gasteiger partial charge in [-0.3, -0.25) is 9.78 Å². The van der Waals surface area contributed by atoms with Crippen molar-refractivity contribution in [1.82, 2.24) is 4.98 Å². The molecule has 1 fully saturated rings. The summed E-state index contributed by atoms with van der Waals surface area (Å²) in [6, 6.07) is 14.6. The van der Waals surface area contributed by atoms with Crippen molar-refractivity contribution in [2.24, 2.45) is 11.1 Å². The first-order valence-corrected chi connectivity index (χ1v) is 11.5. The summed E-state index contributed by atoms with van der Waals surface area (Å²) in [4.78, 5) is 17.5. The summed E-state index contributed by atoms with van der Waals surface area (Å²) in [5, 5.41) is 22.5. The molecule has 0 radical (unpaired) electrons. The maximum absolute atomic E-state index is 14.9. The van der Waals surface area contributed by atoms with E-state index in [1.54, 1.807) is 18.3 Å². The standard InChI is InChI=1S/C27H27F2N3O3/c1-17-14-20(8-11-30-17)26(31-35)16-24(23-7-4-21(28)15-25(23)29)18-2-5-22(6-3-18)32-12-9-19(10-13-32)27(33)34/h2-8,11,14-15,19,24,35H,9-10,12-13,16H2,1H3,(H,33,34). The third kappa shape index (κ3) is 5.65. The summed E-state index contributed by atoms with van der Waals surface area (Å²) < 4.78 is 28.5. The van der Waals surface area contributed by atoms with Crippen molar-refractivity contribution in [3.05, 3.63) is 94.8 Å². The maximum Gasteiger partial charge on any atom is 0.306 e. The quantitative estimate of drug-likeness (QED) is 0.270. The molecule has 6 nitrogen and oxygen atoms in total. The number of rotatable bonds is 7. The predicted octanol–water partition coefficient (Wildman–Crippen LogP) is 5.37. The highest BCUT2D eigenvalue weighted by molar-refractivity contribution is 6.00. The van der Waals surface area contributed by atoms with Crippen molar-refractivity contribution in [2.75, 3.05) is 18.0 Å². The van der Waals surface area contributed by atoms with Gasteiger partial charge in [-0.1, -0.05) is 23.4 Å². The molecule has 2 heterocycles. The molecule has 1 atom stereocenters.